The van der Waals surface area contributed by atoms with Gasteiger partial charge in [-0.1, -0.05) is 47.6 Å². The first-order chi connectivity index (χ1) is 17.9. The second-order valence-electron chi connectivity index (χ2n) is 8.49. The summed E-state index contributed by atoms with van der Waals surface area (Å²) in [6.07, 6.45) is 0.500. The highest BCUT2D eigenvalue weighted by Crippen LogP contribution is 2.39. The fourth-order valence-corrected chi connectivity index (χ4v) is 5.29. The number of hydrogen-bond acceptors (Lipinski definition) is 6. The lowest BCUT2D eigenvalue weighted by atomic mass is 9.99. The van der Waals surface area contributed by atoms with Crippen LogP contribution in [0.4, 0.5) is 10.1 Å². The minimum Gasteiger partial charge on any atom is -0.497 e. The number of hydrogen-bond donors (Lipinski definition) is 1. The van der Waals surface area contributed by atoms with Gasteiger partial charge >= 0.3 is 0 Å². The molecule has 0 aliphatic carbocycles. The largest absolute Gasteiger partial charge is 0.497 e. The lowest BCUT2D eigenvalue weighted by Gasteiger charge is -2.23. The molecule has 0 radical (unpaired) electrons. The molecule has 2 amide bonds. The molecule has 2 aliphatic heterocycles. The van der Waals surface area contributed by atoms with Crippen LogP contribution in [0.2, 0.25) is 5.02 Å². The molecule has 0 aromatic heterocycles. The number of rotatable bonds is 6. The summed E-state index contributed by atoms with van der Waals surface area (Å²) in [5.74, 6) is -0.326. The molecule has 0 fully saturated rings. The molecule has 0 unspecified atom stereocenters. The van der Waals surface area contributed by atoms with Gasteiger partial charge in [-0.15, -0.1) is 0 Å². The van der Waals surface area contributed by atoms with Gasteiger partial charge < -0.3 is 10.1 Å². The van der Waals surface area contributed by atoms with Crippen LogP contribution in [0, 0.1) is 5.82 Å². The van der Waals surface area contributed by atoms with Crippen LogP contribution in [0.15, 0.2) is 82.9 Å². The topological polar surface area (TPSA) is 83.4 Å². The lowest BCUT2D eigenvalue weighted by molar-refractivity contribution is -0.121. The fourth-order valence-electron chi connectivity index (χ4n) is 4.11. The normalized spacial score (nSPS) is 19.0. The third-order valence-corrected chi connectivity index (χ3v) is 7.41. The van der Waals surface area contributed by atoms with Crippen molar-refractivity contribution in [2.45, 2.75) is 24.1 Å². The predicted molar refractivity (Wildman–Crippen MR) is 144 cm³/mol. The highest BCUT2D eigenvalue weighted by molar-refractivity contribution is 8.15. The van der Waals surface area contributed by atoms with Gasteiger partial charge in [0, 0.05) is 23.6 Å². The molecule has 37 heavy (non-hydrogen) atoms. The van der Waals surface area contributed by atoms with Gasteiger partial charge in [0.2, 0.25) is 5.91 Å². The first-order valence-electron chi connectivity index (χ1n) is 11.5. The van der Waals surface area contributed by atoms with E-state index in [4.69, 9.17) is 21.4 Å². The van der Waals surface area contributed by atoms with E-state index in [9.17, 15) is 14.0 Å². The minimum absolute atomic E-state index is 0.0312. The summed E-state index contributed by atoms with van der Waals surface area (Å²) in [4.78, 5) is 29.6. The summed E-state index contributed by atoms with van der Waals surface area (Å²) in [6, 6.07) is 20.3. The summed E-state index contributed by atoms with van der Waals surface area (Å²) in [5.41, 5.74) is 3.09. The summed E-state index contributed by atoms with van der Waals surface area (Å²) >= 11 is 7.30. The molecule has 5 rings (SSSR count). The van der Waals surface area contributed by atoms with Crippen molar-refractivity contribution in [3.8, 4) is 5.75 Å². The first-order valence-corrected chi connectivity index (χ1v) is 12.8. The molecule has 0 spiro atoms. The first kappa shape index (κ1) is 25.0. The molecule has 0 bridgehead atoms. The Labute approximate surface area is 222 Å². The Balaban J connectivity index is 1.33. The summed E-state index contributed by atoms with van der Waals surface area (Å²) in [5, 5.41) is 9.65. The molecular weight excluding hydrogens is 515 g/mol. The summed E-state index contributed by atoms with van der Waals surface area (Å²) in [6.45, 7) is 0. The molecule has 2 atom stereocenters. The molecule has 188 valence electrons. The molecule has 2 heterocycles. The van der Waals surface area contributed by atoms with Crippen molar-refractivity contribution in [1.29, 1.82) is 0 Å². The van der Waals surface area contributed by atoms with Gasteiger partial charge in [-0.3, -0.25) is 9.59 Å². The average Bonchev–Trinajstić information content (AvgIpc) is 3.49. The molecule has 7 nitrogen and oxygen atoms in total. The number of hydrazone groups is 1. The van der Waals surface area contributed by atoms with E-state index in [-0.39, 0.29) is 30.1 Å². The van der Waals surface area contributed by atoms with Gasteiger partial charge in [0.05, 0.1) is 18.9 Å². The number of nitrogens with one attached hydrogen (secondary N) is 1. The SMILES string of the molecule is COc1ccc(NC(=O)C[C@H]2SC(N3N=C(c4ccc(F)cc4)C[C@H]3c3ccc(Cl)cc3)=NC2=O)cc1. The van der Waals surface area contributed by atoms with Gasteiger partial charge in [0.15, 0.2) is 5.17 Å². The van der Waals surface area contributed by atoms with Crippen LogP contribution in [0.1, 0.15) is 30.0 Å². The number of carbonyl (C=O) groups is 2. The standard InChI is InChI=1S/C27H22ClFN4O3S/c1-36-21-12-10-20(11-13-21)30-25(34)15-24-26(35)31-27(37-24)33-23(17-2-6-18(28)7-3-17)14-22(32-33)16-4-8-19(29)9-5-16/h2-13,23-24H,14-15H2,1H3,(H,30,34)/t23-,24+/m0/s1. The van der Waals surface area contributed by atoms with Crippen LogP contribution < -0.4 is 10.1 Å². The van der Waals surface area contributed by atoms with Crippen molar-refractivity contribution in [2.75, 3.05) is 12.4 Å². The quantitative estimate of drug-likeness (QED) is 0.439. The molecule has 2 aliphatic rings. The average molecular weight is 537 g/mol. The number of methoxy groups -OCH3 is 1. The van der Waals surface area contributed by atoms with Crippen LogP contribution >= 0.6 is 23.4 Å². The minimum atomic E-state index is -0.663. The zero-order chi connectivity index (χ0) is 25.9. The van der Waals surface area contributed by atoms with Crippen LogP contribution in [0.3, 0.4) is 0 Å². The highest BCUT2D eigenvalue weighted by Gasteiger charge is 2.39. The van der Waals surface area contributed by atoms with E-state index in [2.05, 4.69) is 10.3 Å². The fraction of sp³-hybridized carbons (Fsp3) is 0.185. The maximum Gasteiger partial charge on any atom is 0.262 e. The predicted octanol–water partition coefficient (Wildman–Crippen LogP) is 5.67. The Bertz CT molecular complexity index is 1380. The van der Waals surface area contributed by atoms with E-state index in [0.717, 1.165) is 16.8 Å². The Kier molecular flexibility index (Phi) is 7.25. The van der Waals surface area contributed by atoms with Gasteiger partial charge in [-0.05, 0) is 59.7 Å². The Hall–Kier alpha value is -3.69. The second kappa shape index (κ2) is 10.7. The number of anilines is 1. The van der Waals surface area contributed by atoms with Crippen LogP contribution in [-0.2, 0) is 9.59 Å². The maximum absolute atomic E-state index is 13.5. The molecule has 3 aromatic carbocycles. The highest BCUT2D eigenvalue weighted by atomic mass is 35.5. The van der Waals surface area contributed by atoms with E-state index >= 15 is 0 Å². The Morgan fingerprint density at radius 1 is 1.11 bits per heavy atom. The number of ether oxygens (including phenoxy) is 1. The molecule has 1 N–H and O–H groups in total. The number of carbonyl (C=O) groups excluding carboxylic acids is 2. The van der Waals surface area contributed by atoms with Crippen molar-refractivity contribution in [2.24, 2.45) is 10.1 Å². The summed E-state index contributed by atoms with van der Waals surface area (Å²) in [7, 11) is 1.57. The maximum atomic E-state index is 13.5. The van der Waals surface area contributed by atoms with Crippen molar-refractivity contribution in [3.63, 3.8) is 0 Å². The van der Waals surface area contributed by atoms with E-state index in [1.807, 2.05) is 12.1 Å². The number of aliphatic imine (C=N–C) groups is 1. The van der Waals surface area contributed by atoms with Gasteiger partial charge in [0.25, 0.3) is 5.91 Å². The molecule has 0 saturated heterocycles. The number of halogens is 2. The van der Waals surface area contributed by atoms with Gasteiger partial charge in [0.1, 0.15) is 16.8 Å². The number of benzene rings is 3. The Morgan fingerprint density at radius 3 is 2.49 bits per heavy atom. The van der Waals surface area contributed by atoms with Crippen LogP contribution in [0.5, 0.6) is 5.75 Å². The van der Waals surface area contributed by atoms with Crippen LogP contribution in [0.25, 0.3) is 0 Å². The van der Waals surface area contributed by atoms with E-state index in [1.165, 1.54) is 23.9 Å². The van der Waals surface area contributed by atoms with E-state index < -0.39 is 5.25 Å². The smallest absolute Gasteiger partial charge is 0.262 e. The van der Waals surface area contributed by atoms with E-state index in [0.29, 0.717) is 28.0 Å². The van der Waals surface area contributed by atoms with Gasteiger partial charge in [-0.25, -0.2) is 9.40 Å². The Morgan fingerprint density at radius 2 is 1.81 bits per heavy atom. The van der Waals surface area contributed by atoms with Crippen molar-refractivity contribution in [1.82, 2.24) is 5.01 Å². The van der Waals surface area contributed by atoms with Crippen LogP contribution in [-0.4, -0.2) is 40.1 Å². The number of amidine groups is 1. The summed E-state index contributed by atoms with van der Waals surface area (Å²) < 4.78 is 18.6. The molecule has 10 heteroatoms. The van der Waals surface area contributed by atoms with Gasteiger partial charge in [-0.2, -0.15) is 10.1 Å². The van der Waals surface area contributed by atoms with Crippen molar-refractivity contribution >= 4 is 51.7 Å². The van der Waals surface area contributed by atoms with E-state index in [1.54, 1.807) is 60.6 Å². The molecule has 3 aromatic rings. The second-order valence-corrected chi connectivity index (χ2v) is 10.1. The lowest BCUT2D eigenvalue weighted by Crippen LogP contribution is -2.25. The number of amides is 2. The van der Waals surface area contributed by atoms with Crippen molar-refractivity contribution < 1.29 is 18.7 Å². The third-order valence-electron chi connectivity index (χ3n) is 6.01. The zero-order valence-electron chi connectivity index (χ0n) is 19.7. The monoisotopic (exact) mass is 536 g/mol. The molecule has 0 saturated carbocycles. The number of thioether (sulfide) groups is 1. The zero-order valence-corrected chi connectivity index (χ0v) is 21.3. The number of nitrogens with zero attached hydrogens (tertiary/aromatic N) is 3. The van der Waals surface area contributed by atoms with Crippen molar-refractivity contribution in [3.05, 3.63) is 94.8 Å². The third kappa shape index (κ3) is 5.68. The molecular formula is C27H22ClFN4O3S.